The van der Waals surface area contributed by atoms with E-state index in [1.165, 1.54) is 50.6 Å². The molecule has 104 valence electrons. The van der Waals surface area contributed by atoms with E-state index in [1.807, 2.05) is 6.20 Å². The molecule has 1 aromatic heterocycles. The Balaban J connectivity index is 1.70. The molecule has 3 heteroatoms. The highest BCUT2D eigenvalue weighted by molar-refractivity contribution is 5.27. The van der Waals surface area contributed by atoms with Crippen molar-refractivity contribution in [3.05, 3.63) is 24.0 Å². The molecule has 2 unspecified atom stereocenters. The van der Waals surface area contributed by atoms with E-state index in [0.29, 0.717) is 5.92 Å². The molecule has 2 fully saturated rings. The van der Waals surface area contributed by atoms with Gasteiger partial charge in [0.15, 0.2) is 0 Å². The predicted octanol–water partition coefficient (Wildman–Crippen LogP) is 3.12. The highest BCUT2D eigenvalue weighted by atomic mass is 16.5. The van der Waals surface area contributed by atoms with Gasteiger partial charge in [-0.3, -0.25) is 4.98 Å². The van der Waals surface area contributed by atoms with Crippen molar-refractivity contribution >= 4 is 0 Å². The topological polar surface area (TPSA) is 34.1 Å². The van der Waals surface area contributed by atoms with E-state index >= 15 is 0 Å². The van der Waals surface area contributed by atoms with E-state index in [0.717, 1.165) is 17.7 Å². The number of methoxy groups -OCH3 is 1. The number of hydrogen-bond donors (Lipinski definition) is 1. The Morgan fingerprint density at radius 3 is 2.84 bits per heavy atom. The van der Waals surface area contributed by atoms with Crippen molar-refractivity contribution in [3.63, 3.8) is 0 Å². The van der Waals surface area contributed by atoms with Gasteiger partial charge in [0.05, 0.1) is 13.3 Å². The van der Waals surface area contributed by atoms with Gasteiger partial charge in [-0.05, 0) is 55.7 Å². The zero-order valence-electron chi connectivity index (χ0n) is 11.8. The molecule has 2 saturated carbocycles. The highest BCUT2D eigenvalue weighted by Gasteiger charge is 2.29. The summed E-state index contributed by atoms with van der Waals surface area (Å²) in [5, 5.41) is 3.70. The normalized spacial score (nSPS) is 27.2. The van der Waals surface area contributed by atoms with Crippen LogP contribution in [0.4, 0.5) is 0 Å². The molecule has 0 aliphatic heterocycles. The fourth-order valence-electron chi connectivity index (χ4n) is 3.25. The molecule has 0 amide bonds. The Bertz CT molecular complexity index is 417. The van der Waals surface area contributed by atoms with Gasteiger partial charge in [0, 0.05) is 12.2 Å². The number of ether oxygens (including phenoxy) is 1. The van der Waals surface area contributed by atoms with Crippen LogP contribution in [0.5, 0.6) is 5.75 Å². The molecule has 19 heavy (non-hydrogen) atoms. The van der Waals surface area contributed by atoms with Crippen LogP contribution in [0.15, 0.2) is 18.5 Å². The summed E-state index contributed by atoms with van der Waals surface area (Å²) >= 11 is 0. The van der Waals surface area contributed by atoms with Crippen molar-refractivity contribution < 1.29 is 4.74 Å². The Kier molecular flexibility index (Phi) is 4.02. The zero-order chi connectivity index (χ0) is 13.1. The maximum absolute atomic E-state index is 5.31. The van der Waals surface area contributed by atoms with Gasteiger partial charge in [-0.25, -0.2) is 0 Å². The molecule has 3 rings (SSSR count). The van der Waals surface area contributed by atoms with Crippen LogP contribution in [0.1, 0.15) is 50.0 Å². The Morgan fingerprint density at radius 2 is 2.05 bits per heavy atom. The SMILES string of the molecule is COc1cncc(C2CCCCC2CNC2CC2)c1. The summed E-state index contributed by atoms with van der Waals surface area (Å²) in [6.45, 7) is 1.17. The molecule has 2 atom stereocenters. The second-order valence-corrected chi connectivity index (χ2v) is 5.99. The van der Waals surface area contributed by atoms with Gasteiger partial charge in [0.2, 0.25) is 0 Å². The second kappa shape index (κ2) is 5.91. The van der Waals surface area contributed by atoms with Gasteiger partial charge in [0.1, 0.15) is 5.75 Å². The van der Waals surface area contributed by atoms with Crippen molar-refractivity contribution in [2.75, 3.05) is 13.7 Å². The Hall–Kier alpha value is -1.09. The fraction of sp³-hybridized carbons (Fsp3) is 0.688. The van der Waals surface area contributed by atoms with E-state index in [1.54, 1.807) is 13.3 Å². The lowest BCUT2D eigenvalue weighted by Crippen LogP contribution is -2.30. The minimum Gasteiger partial charge on any atom is -0.495 e. The molecule has 2 aliphatic carbocycles. The highest BCUT2D eigenvalue weighted by Crippen LogP contribution is 2.38. The summed E-state index contributed by atoms with van der Waals surface area (Å²) in [5.41, 5.74) is 1.36. The van der Waals surface area contributed by atoms with Crippen LogP contribution >= 0.6 is 0 Å². The lowest BCUT2D eigenvalue weighted by molar-refractivity contribution is 0.293. The smallest absolute Gasteiger partial charge is 0.137 e. The first-order valence-electron chi connectivity index (χ1n) is 7.59. The summed E-state index contributed by atoms with van der Waals surface area (Å²) in [6, 6.07) is 2.98. The largest absolute Gasteiger partial charge is 0.495 e. The molecule has 0 bridgehead atoms. The fourth-order valence-corrected chi connectivity index (χ4v) is 3.25. The van der Waals surface area contributed by atoms with Crippen LogP contribution in [0.3, 0.4) is 0 Å². The van der Waals surface area contributed by atoms with Crippen LogP contribution in [-0.2, 0) is 0 Å². The maximum atomic E-state index is 5.31. The van der Waals surface area contributed by atoms with E-state index in [-0.39, 0.29) is 0 Å². The van der Waals surface area contributed by atoms with Gasteiger partial charge >= 0.3 is 0 Å². The summed E-state index contributed by atoms with van der Waals surface area (Å²) < 4.78 is 5.31. The van der Waals surface area contributed by atoms with Crippen LogP contribution in [0, 0.1) is 5.92 Å². The lowest BCUT2D eigenvalue weighted by atomic mass is 9.76. The summed E-state index contributed by atoms with van der Waals surface area (Å²) in [6.07, 6.45) is 11.9. The quantitative estimate of drug-likeness (QED) is 0.883. The first-order valence-corrected chi connectivity index (χ1v) is 7.59. The van der Waals surface area contributed by atoms with Crippen molar-refractivity contribution in [2.24, 2.45) is 5.92 Å². The van der Waals surface area contributed by atoms with Gasteiger partial charge < -0.3 is 10.1 Å². The minimum atomic E-state index is 0.655. The van der Waals surface area contributed by atoms with Crippen molar-refractivity contribution in [1.82, 2.24) is 10.3 Å². The van der Waals surface area contributed by atoms with E-state index in [2.05, 4.69) is 16.4 Å². The van der Waals surface area contributed by atoms with Crippen LogP contribution < -0.4 is 10.1 Å². The molecule has 1 aromatic rings. The first kappa shape index (κ1) is 12.9. The number of hydrogen-bond acceptors (Lipinski definition) is 3. The molecular weight excluding hydrogens is 236 g/mol. The molecule has 0 saturated heterocycles. The number of nitrogens with zero attached hydrogens (tertiary/aromatic N) is 1. The summed E-state index contributed by atoms with van der Waals surface area (Å²) in [5.74, 6) is 2.31. The minimum absolute atomic E-state index is 0.655. The molecule has 0 radical (unpaired) electrons. The molecule has 1 N–H and O–H groups in total. The average molecular weight is 260 g/mol. The van der Waals surface area contributed by atoms with Crippen LogP contribution in [0.25, 0.3) is 0 Å². The molecule has 3 nitrogen and oxygen atoms in total. The maximum Gasteiger partial charge on any atom is 0.137 e. The first-order chi connectivity index (χ1) is 9.36. The van der Waals surface area contributed by atoms with Crippen molar-refractivity contribution in [3.8, 4) is 5.75 Å². The van der Waals surface area contributed by atoms with Gasteiger partial charge in [-0.15, -0.1) is 0 Å². The third kappa shape index (κ3) is 3.27. The Morgan fingerprint density at radius 1 is 1.21 bits per heavy atom. The number of rotatable bonds is 5. The van der Waals surface area contributed by atoms with E-state index < -0.39 is 0 Å². The van der Waals surface area contributed by atoms with Crippen molar-refractivity contribution in [1.29, 1.82) is 0 Å². The van der Waals surface area contributed by atoms with E-state index in [9.17, 15) is 0 Å². The van der Waals surface area contributed by atoms with Gasteiger partial charge in [-0.1, -0.05) is 12.8 Å². The van der Waals surface area contributed by atoms with Crippen LogP contribution in [-0.4, -0.2) is 24.7 Å². The van der Waals surface area contributed by atoms with Crippen molar-refractivity contribution in [2.45, 2.75) is 50.5 Å². The predicted molar refractivity (Wildman–Crippen MR) is 76.5 cm³/mol. The molecule has 0 aromatic carbocycles. The third-order valence-electron chi connectivity index (χ3n) is 4.55. The van der Waals surface area contributed by atoms with Gasteiger partial charge in [0.25, 0.3) is 0 Å². The Labute approximate surface area is 115 Å². The number of aromatic nitrogens is 1. The molecule has 0 spiro atoms. The third-order valence-corrected chi connectivity index (χ3v) is 4.55. The summed E-state index contributed by atoms with van der Waals surface area (Å²) in [7, 11) is 1.72. The lowest BCUT2D eigenvalue weighted by Gasteiger charge is -2.32. The summed E-state index contributed by atoms with van der Waals surface area (Å²) in [4.78, 5) is 4.33. The van der Waals surface area contributed by atoms with Crippen LogP contribution in [0.2, 0.25) is 0 Å². The molecular formula is C16H24N2O. The van der Waals surface area contributed by atoms with E-state index in [4.69, 9.17) is 4.74 Å². The number of pyridine rings is 1. The molecule has 1 heterocycles. The average Bonchev–Trinajstić information content (AvgIpc) is 3.30. The standard InChI is InChI=1S/C16H24N2O/c1-19-15-8-13(9-17-11-15)16-5-3-2-4-12(16)10-18-14-6-7-14/h8-9,11-12,14,16,18H,2-7,10H2,1H3. The second-order valence-electron chi connectivity index (χ2n) is 5.99. The zero-order valence-corrected chi connectivity index (χ0v) is 11.8. The molecule has 2 aliphatic rings. The number of nitrogens with one attached hydrogen (secondary N) is 1. The monoisotopic (exact) mass is 260 g/mol. The van der Waals surface area contributed by atoms with Gasteiger partial charge in [-0.2, -0.15) is 0 Å².